The summed E-state index contributed by atoms with van der Waals surface area (Å²) < 4.78 is 11.0. The lowest BCUT2D eigenvalue weighted by atomic mass is 10.0. The predicted molar refractivity (Wildman–Crippen MR) is 105 cm³/mol. The van der Waals surface area contributed by atoms with Crippen LogP contribution in [-0.4, -0.2) is 17.0 Å². The third kappa shape index (κ3) is 3.73. The van der Waals surface area contributed by atoms with Crippen LogP contribution < -0.4 is 15.7 Å². The summed E-state index contributed by atoms with van der Waals surface area (Å²) in [4.78, 5) is 29.8. The normalized spacial score (nSPS) is 14.6. The van der Waals surface area contributed by atoms with Crippen molar-refractivity contribution in [1.82, 2.24) is 4.98 Å². The molecule has 0 radical (unpaired) electrons. The zero-order valence-corrected chi connectivity index (χ0v) is 16.0. The molecule has 4 rings (SSSR count). The van der Waals surface area contributed by atoms with Crippen molar-refractivity contribution in [2.75, 3.05) is 5.32 Å². The summed E-state index contributed by atoms with van der Waals surface area (Å²) in [6.45, 7) is 3.53. The van der Waals surface area contributed by atoms with E-state index in [1.54, 1.807) is 30.4 Å². The van der Waals surface area contributed by atoms with E-state index in [0.29, 0.717) is 16.5 Å². The summed E-state index contributed by atoms with van der Waals surface area (Å²) in [5, 5.41) is 4.31. The number of aryl methyl sites for hydroxylation is 3. The molecule has 3 aromatic rings. The molecule has 1 atom stereocenters. The van der Waals surface area contributed by atoms with Gasteiger partial charge in [0.15, 0.2) is 11.2 Å². The minimum atomic E-state index is -0.708. The molecule has 6 nitrogen and oxygen atoms in total. The van der Waals surface area contributed by atoms with E-state index in [-0.39, 0.29) is 5.91 Å². The standard InChI is InChI=1S/C20H20N2O4S/c1-11-9-18(23)26-16-10-13(7-8-14(11)16)25-12(2)19(24)22-20-21-15-5-3-4-6-17(15)27-20/h7-10,12H,3-6H2,1-2H3,(H,21,22,24). The van der Waals surface area contributed by atoms with Crippen molar-refractivity contribution >= 4 is 33.3 Å². The van der Waals surface area contributed by atoms with E-state index in [2.05, 4.69) is 10.3 Å². The molecule has 0 fully saturated rings. The van der Waals surface area contributed by atoms with Crippen molar-refractivity contribution in [1.29, 1.82) is 0 Å². The average Bonchev–Trinajstić information content (AvgIpc) is 3.03. The Kier molecular flexibility index (Phi) is 4.70. The van der Waals surface area contributed by atoms with Crippen LogP contribution in [0, 0.1) is 6.92 Å². The number of rotatable bonds is 4. The van der Waals surface area contributed by atoms with E-state index in [9.17, 15) is 9.59 Å². The van der Waals surface area contributed by atoms with Crippen molar-refractivity contribution in [2.45, 2.75) is 45.6 Å². The number of aromatic nitrogens is 1. The number of hydrogen-bond acceptors (Lipinski definition) is 6. The van der Waals surface area contributed by atoms with Crippen LogP contribution in [0.15, 0.2) is 33.5 Å². The maximum atomic E-state index is 12.5. The number of hydrogen-bond donors (Lipinski definition) is 1. The first kappa shape index (κ1) is 17.7. The van der Waals surface area contributed by atoms with Gasteiger partial charge in [0.2, 0.25) is 0 Å². The van der Waals surface area contributed by atoms with Crippen molar-refractivity contribution in [2.24, 2.45) is 0 Å². The van der Waals surface area contributed by atoms with Gasteiger partial charge in [-0.3, -0.25) is 10.1 Å². The Morgan fingerprint density at radius 3 is 2.93 bits per heavy atom. The van der Waals surface area contributed by atoms with Gasteiger partial charge in [0.1, 0.15) is 11.3 Å². The molecule has 7 heteroatoms. The highest BCUT2D eigenvalue weighted by Gasteiger charge is 2.20. The average molecular weight is 384 g/mol. The number of benzene rings is 1. The molecule has 0 saturated heterocycles. The lowest BCUT2D eigenvalue weighted by Crippen LogP contribution is -2.30. The molecule has 0 saturated carbocycles. The molecule has 2 aromatic heterocycles. The number of carbonyl (C=O) groups excluding carboxylic acids is 1. The molecule has 1 aliphatic carbocycles. The molecule has 1 unspecified atom stereocenters. The van der Waals surface area contributed by atoms with Crippen LogP contribution >= 0.6 is 11.3 Å². The number of carbonyl (C=O) groups is 1. The molecule has 1 N–H and O–H groups in total. The van der Waals surface area contributed by atoms with Crippen LogP contribution in [0.3, 0.4) is 0 Å². The lowest BCUT2D eigenvalue weighted by Gasteiger charge is -2.14. The maximum Gasteiger partial charge on any atom is 0.336 e. The predicted octanol–water partition coefficient (Wildman–Crippen LogP) is 3.84. The number of amides is 1. The molecule has 1 aliphatic rings. The van der Waals surface area contributed by atoms with Crippen molar-refractivity contribution < 1.29 is 13.9 Å². The Morgan fingerprint density at radius 2 is 2.11 bits per heavy atom. The summed E-state index contributed by atoms with van der Waals surface area (Å²) in [5.41, 5.74) is 1.98. The first-order valence-corrected chi connectivity index (χ1v) is 9.82. The van der Waals surface area contributed by atoms with Gasteiger partial charge >= 0.3 is 5.63 Å². The van der Waals surface area contributed by atoms with E-state index in [1.165, 1.54) is 17.4 Å². The second-order valence-corrected chi connectivity index (χ2v) is 7.84. The highest BCUT2D eigenvalue weighted by Crippen LogP contribution is 2.30. The van der Waals surface area contributed by atoms with E-state index in [0.717, 1.165) is 35.9 Å². The second-order valence-electron chi connectivity index (χ2n) is 6.75. The monoisotopic (exact) mass is 384 g/mol. The zero-order chi connectivity index (χ0) is 19.0. The third-order valence-corrected chi connectivity index (χ3v) is 5.75. The fraction of sp³-hybridized carbons (Fsp3) is 0.350. The molecular weight excluding hydrogens is 364 g/mol. The Balaban J connectivity index is 1.47. The van der Waals surface area contributed by atoms with Gasteiger partial charge in [-0.25, -0.2) is 9.78 Å². The van der Waals surface area contributed by atoms with Crippen LogP contribution in [0.4, 0.5) is 5.13 Å². The zero-order valence-electron chi connectivity index (χ0n) is 15.2. The summed E-state index contributed by atoms with van der Waals surface area (Å²) >= 11 is 1.54. The first-order valence-electron chi connectivity index (χ1n) is 9.00. The molecule has 0 aliphatic heterocycles. The molecule has 2 heterocycles. The van der Waals surface area contributed by atoms with Gasteiger partial charge in [-0.05, 0) is 57.2 Å². The number of nitrogens with one attached hydrogen (secondary N) is 1. The quantitative estimate of drug-likeness (QED) is 0.691. The van der Waals surface area contributed by atoms with Crippen LogP contribution in [0.1, 0.15) is 35.9 Å². The SMILES string of the molecule is Cc1cc(=O)oc2cc(OC(C)C(=O)Nc3nc4c(s3)CCCC4)ccc12. The van der Waals surface area contributed by atoms with Crippen LogP contribution in [0.2, 0.25) is 0 Å². The smallest absolute Gasteiger partial charge is 0.336 e. The number of thiazole rings is 1. The summed E-state index contributed by atoms with van der Waals surface area (Å²) in [6, 6.07) is 6.67. The third-order valence-electron chi connectivity index (χ3n) is 4.68. The van der Waals surface area contributed by atoms with E-state index < -0.39 is 11.7 Å². The van der Waals surface area contributed by atoms with Gasteiger partial charge in [0.25, 0.3) is 5.91 Å². The number of fused-ring (bicyclic) bond motifs is 2. The Labute approximate surface area is 160 Å². The molecule has 1 amide bonds. The van der Waals surface area contributed by atoms with Gasteiger partial charge in [-0.15, -0.1) is 11.3 Å². The van der Waals surface area contributed by atoms with E-state index in [1.807, 2.05) is 13.0 Å². The summed E-state index contributed by atoms with van der Waals surface area (Å²) in [6.07, 6.45) is 3.65. The van der Waals surface area contributed by atoms with E-state index in [4.69, 9.17) is 9.15 Å². The highest BCUT2D eigenvalue weighted by molar-refractivity contribution is 7.15. The summed E-state index contributed by atoms with van der Waals surface area (Å²) in [7, 11) is 0. The fourth-order valence-corrected chi connectivity index (χ4v) is 4.30. The molecular formula is C20H20N2O4S. The highest BCUT2D eigenvalue weighted by atomic mass is 32.1. The Hall–Kier alpha value is -2.67. The van der Waals surface area contributed by atoms with Crippen LogP contribution in [0.5, 0.6) is 5.75 Å². The van der Waals surface area contributed by atoms with Crippen LogP contribution in [-0.2, 0) is 17.6 Å². The van der Waals surface area contributed by atoms with Gasteiger partial charge in [0, 0.05) is 22.4 Å². The Morgan fingerprint density at radius 1 is 1.30 bits per heavy atom. The van der Waals surface area contributed by atoms with Crippen LogP contribution in [0.25, 0.3) is 11.0 Å². The Bertz CT molecular complexity index is 1050. The molecule has 0 spiro atoms. The van der Waals surface area contributed by atoms with E-state index >= 15 is 0 Å². The largest absolute Gasteiger partial charge is 0.481 e. The minimum Gasteiger partial charge on any atom is -0.481 e. The fourth-order valence-electron chi connectivity index (χ4n) is 3.25. The topological polar surface area (TPSA) is 81.4 Å². The van der Waals surface area contributed by atoms with Gasteiger partial charge < -0.3 is 9.15 Å². The first-order chi connectivity index (χ1) is 13.0. The molecule has 0 bridgehead atoms. The second kappa shape index (κ2) is 7.15. The lowest BCUT2D eigenvalue weighted by molar-refractivity contribution is -0.122. The van der Waals surface area contributed by atoms with Gasteiger partial charge in [0.05, 0.1) is 5.69 Å². The van der Waals surface area contributed by atoms with Gasteiger partial charge in [-0.1, -0.05) is 0 Å². The molecule has 140 valence electrons. The van der Waals surface area contributed by atoms with Crippen molar-refractivity contribution in [3.05, 3.63) is 50.8 Å². The molecule has 27 heavy (non-hydrogen) atoms. The number of ether oxygens (including phenoxy) is 1. The maximum absolute atomic E-state index is 12.5. The molecule has 1 aromatic carbocycles. The number of anilines is 1. The minimum absolute atomic E-state index is 0.258. The number of nitrogens with zero attached hydrogens (tertiary/aromatic N) is 1. The summed E-state index contributed by atoms with van der Waals surface area (Å²) in [5.74, 6) is 0.212. The van der Waals surface area contributed by atoms with Crippen molar-refractivity contribution in [3.8, 4) is 5.75 Å². The van der Waals surface area contributed by atoms with Gasteiger partial charge in [-0.2, -0.15) is 0 Å². The van der Waals surface area contributed by atoms with Crippen molar-refractivity contribution in [3.63, 3.8) is 0 Å².